The minimum absolute atomic E-state index is 0.149. The molecule has 0 aliphatic carbocycles. The second-order valence-corrected chi connectivity index (χ2v) is 13.8. The first-order valence-electron chi connectivity index (χ1n) is 15.6. The van der Waals surface area contributed by atoms with Crippen LogP contribution in [0.15, 0.2) is 67.8 Å². The highest BCUT2D eigenvalue weighted by atomic mass is 79.9. The van der Waals surface area contributed by atoms with E-state index in [-0.39, 0.29) is 42.3 Å². The number of aliphatic hydroxyl groups excluding tert-OH is 1. The fourth-order valence-electron chi connectivity index (χ4n) is 7.43. The van der Waals surface area contributed by atoms with E-state index in [4.69, 9.17) is 9.47 Å². The van der Waals surface area contributed by atoms with Gasteiger partial charge in [0.05, 0.1) is 37.2 Å². The topological polar surface area (TPSA) is 96.4 Å². The zero-order chi connectivity index (χ0) is 31.6. The number of ether oxygens (including phenoxy) is 2. The Morgan fingerprint density at radius 1 is 1.18 bits per heavy atom. The minimum Gasteiger partial charge on any atom is -0.465 e. The third kappa shape index (κ3) is 5.74. The van der Waals surface area contributed by atoms with Gasteiger partial charge in [-0.3, -0.25) is 14.4 Å². The number of unbranched alkanes of at least 4 members (excludes halogenated alkanes) is 2. The molecule has 0 aromatic heterocycles. The number of esters is 1. The van der Waals surface area contributed by atoms with Crippen molar-refractivity contribution in [2.45, 2.75) is 74.6 Å². The summed E-state index contributed by atoms with van der Waals surface area (Å²) in [6.07, 6.45) is 6.12. The Balaban J connectivity index is 1.55. The molecule has 9 heteroatoms. The van der Waals surface area contributed by atoms with E-state index in [1.54, 1.807) is 11.0 Å². The van der Waals surface area contributed by atoms with Crippen molar-refractivity contribution in [3.8, 4) is 0 Å². The fraction of sp³-hybridized carbons (Fsp3) is 0.514. The molecule has 1 N–H and O–H groups in total. The van der Waals surface area contributed by atoms with E-state index in [1.165, 1.54) is 4.90 Å². The number of likely N-dealkylation sites (tertiary alicyclic amines) is 1. The van der Waals surface area contributed by atoms with Crippen LogP contribution in [0, 0.1) is 17.8 Å². The summed E-state index contributed by atoms with van der Waals surface area (Å²) < 4.78 is 12.4. The number of amides is 2. The van der Waals surface area contributed by atoms with E-state index in [0.717, 1.165) is 23.6 Å². The van der Waals surface area contributed by atoms with Crippen LogP contribution < -0.4 is 4.90 Å². The van der Waals surface area contributed by atoms with Gasteiger partial charge >= 0.3 is 5.97 Å². The van der Waals surface area contributed by atoms with Gasteiger partial charge in [0.25, 0.3) is 5.91 Å². The predicted molar refractivity (Wildman–Crippen MR) is 174 cm³/mol. The van der Waals surface area contributed by atoms with Crippen molar-refractivity contribution in [1.29, 1.82) is 0 Å². The van der Waals surface area contributed by atoms with E-state index in [9.17, 15) is 19.5 Å². The summed E-state index contributed by atoms with van der Waals surface area (Å²) in [4.78, 5) is 45.9. The quantitative estimate of drug-likeness (QED) is 0.125. The van der Waals surface area contributed by atoms with Crippen LogP contribution in [0.1, 0.15) is 46.0 Å². The molecule has 1 spiro atoms. The van der Waals surface area contributed by atoms with Crippen molar-refractivity contribution >= 4 is 50.2 Å². The Morgan fingerprint density at radius 3 is 2.61 bits per heavy atom. The first kappa shape index (κ1) is 32.4. The smallest absolute Gasteiger partial charge is 0.312 e. The third-order valence-corrected chi connectivity index (χ3v) is 10.1. The van der Waals surface area contributed by atoms with Crippen LogP contribution >= 0.6 is 15.9 Å². The Hall–Kier alpha value is -3.01. The number of hydrogen-bond donors (Lipinski definition) is 1. The number of aliphatic hydroxyl groups is 1. The van der Waals surface area contributed by atoms with Crippen LogP contribution in [0.5, 0.6) is 0 Å². The largest absolute Gasteiger partial charge is 0.465 e. The van der Waals surface area contributed by atoms with Crippen LogP contribution in [0.4, 0.5) is 5.69 Å². The summed E-state index contributed by atoms with van der Waals surface area (Å²) in [7, 11) is 0. The number of allylic oxidation sites excluding steroid dienone is 1. The summed E-state index contributed by atoms with van der Waals surface area (Å²) in [5.41, 5.74) is -0.580. The van der Waals surface area contributed by atoms with Crippen LogP contribution in [-0.4, -0.2) is 76.2 Å². The van der Waals surface area contributed by atoms with Gasteiger partial charge in [-0.2, -0.15) is 0 Å². The molecule has 3 unspecified atom stereocenters. The third-order valence-electron chi connectivity index (χ3n) is 9.25. The highest BCUT2D eigenvalue weighted by molar-refractivity contribution is 9.09. The van der Waals surface area contributed by atoms with Gasteiger partial charge in [0.1, 0.15) is 11.6 Å². The second-order valence-electron chi connectivity index (χ2n) is 12.6. The molecule has 2 amide bonds. The Labute approximate surface area is 268 Å². The molecule has 3 heterocycles. The second kappa shape index (κ2) is 13.5. The molecular weight excluding hydrogens is 624 g/mol. The molecule has 3 fully saturated rings. The van der Waals surface area contributed by atoms with Crippen LogP contribution in [0.3, 0.4) is 0 Å². The molecule has 3 saturated heterocycles. The fourth-order valence-corrected chi connectivity index (χ4v) is 8.38. The van der Waals surface area contributed by atoms with E-state index >= 15 is 0 Å². The lowest BCUT2D eigenvalue weighted by Gasteiger charge is -2.39. The van der Waals surface area contributed by atoms with E-state index in [2.05, 4.69) is 29.1 Å². The highest BCUT2D eigenvalue weighted by Crippen LogP contribution is 2.61. The predicted octanol–water partition coefficient (Wildman–Crippen LogP) is 5.41. The molecule has 2 bridgehead atoms. The van der Waals surface area contributed by atoms with Gasteiger partial charge in [-0.05, 0) is 60.9 Å². The molecule has 0 radical (unpaired) electrons. The van der Waals surface area contributed by atoms with Gasteiger partial charge < -0.3 is 24.4 Å². The van der Waals surface area contributed by atoms with Gasteiger partial charge in [-0.25, -0.2) is 0 Å². The zero-order valence-corrected chi connectivity index (χ0v) is 27.2. The van der Waals surface area contributed by atoms with E-state index in [0.29, 0.717) is 24.9 Å². The average Bonchev–Trinajstić information content (AvgIpc) is 3.61. The molecule has 5 rings (SSSR count). The first-order chi connectivity index (χ1) is 21.2. The lowest BCUT2D eigenvalue weighted by Crippen LogP contribution is -2.59. The summed E-state index contributed by atoms with van der Waals surface area (Å²) in [6.45, 7) is 11.8. The molecular formula is C35H43BrN2O6. The zero-order valence-electron chi connectivity index (χ0n) is 25.6. The van der Waals surface area contributed by atoms with Crippen LogP contribution in [0.2, 0.25) is 0 Å². The summed E-state index contributed by atoms with van der Waals surface area (Å²) in [6, 6.07) is 12.1. The van der Waals surface area contributed by atoms with Crippen LogP contribution in [0.25, 0.3) is 10.8 Å². The number of nitrogens with zero attached hydrogens (tertiary/aromatic N) is 2. The number of rotatable bonds is 14. The molecule has 8 nitrogen and oxygen atoms in total. The molecule has 2 aromatic carbocycles. The minimum atomic E-state index is -1.25. The Bertz CT molecular complexity index is 1410. The van der Waals surface area contributed by atoms with Crippen molar-refractivity contribution in [3.05, 3.63) is 67.8 Å². The number of carbonyl (C=O) groups excluding carboxylic acids is 3. The molecule has 7 atom stereocenters. The van der Waals surface area contributed by atoms with Crippen LogP contribution in [-0.2, 0) is 23.9 Å². The van der Waals surface area contributed by atoms with Gasteiger partial charge in [0.15, 0.2) is 0 Å². The summed E-state index contributed by atoms with van der Waals surface area (Å²) in [5, 5.41) is 12.6. The van der Waals surface area contributed by atoms with Crippen molar-refractivity contribution < 1.29 is 29.0 Å². The number of carbonyl (C=O) groups is 3. The maximum atomic E-state index is 14.9. The monoisotopic (exact) mass is 666 g/mol. The molecule has 2 aromatic rings. The number of fused-ring (bicyclic) bond motifs is 2. The molecule has 3 aliphatic rings. The number of hydrogen-bond acceptors (Lipinski definition) is 6. The van der Waals surface area contributed by atoms with Gasteiger partial charge in [-0.15, -0.1) is 13.2 Å². The number of halogens is 1. The number of benzene rings is 2. The summed E-state index contributed by atoms with van der Waals surface area (Å²) >= 11 is 3.72. The summed E-state index contributed by atoms with van der Waals surface area (Å²) in [5.74, 6) is -2.73. The normalized spacial score (nSPS) is 27.9. The number of alkyl halides is 1. The lowest BCUT2D eigenvalue weighted by molar-refractivity contribution is -0.155. The maximum absolute atomic E-state index is 14.9. The molecule has 44 heavy (non-hydrogen) atoms. The van der Waals surface area contributed by atoms with Gasteiger partial charge in [0, 0.05) is 17.1 Å². The van der Waals surface area contributed by atoms with Crippen molar-refractivity contribution in [2.75, 3.05) is 24.7 Å². The lowest BCUT2D eigenvalue weighted by atomic mass is 9.70. The Morgan fingerprint density at radius 2 is 1.93 bits per heavy atom. The molecule has 0 saturated carbocycles. The number of anilines is 1. The van der Waals surface area contributed by atoms with Crippen molar-refractivity contribution in [2.24, 2.45) is 17.8 Å². The standard InChI is InChI=1S/C35H43BrN2O6/c1-5-7-8-11-17-43-34(42)28-29-32(40)38(26(21-39)18-22(3)4)31(35(29)20-27(36)30(28)44-35)33(41)37(16-6-2)25-15-14-23-12-9-10-13-24(23)19-25/h5-6,9-10,12-15,19,22,26-31,39H,1-2,7-8,11,16-18,20-21H2,3-4H3/t26-,27?,28-,29+,30-,31?,35?/m1/s1. The van der Waals surface area contributed by atoms with Crippen molar-refractivity contribution in [3.63, 3.8) is 0 Å². The van der Waals surface area contributed by atoms with Crippen molar-refractivity contribution in [1.82, 2.24) is 4.90 Å². The van der Waals surface area contributed by atoms with E-state index in [1.807, 2.05) is 62.4 Å². The molecule has 236 valence electrons. The van der Waals surface area contributed by atoms with E-state index < -0.39 is 41.6 Å². The first-order valence-corrected chi connectivity index (χ1v) is 16.5. The average molecular weight is 668 g/mol. The molecule has 3 aliphatic heterocycles. The SMILES string of the molecule is C=CCCCCOC(=O)[C@H]1[C@@H]2OC3(CC2Br)C(C(=O)N(CC=C)c2ccc4ccccc4c2)N([C@@H](CO)CC(C)C)C(=O)[C@H]13. The van der Waals surface area contributed by atoms with Gasteiger partial charge in [-0.1, -0.05) is 72.3 Å². The highest BCUT2D eigenvalue weighted by Gasteiger charge is 2.77. The maximum Gasteiger partial charge on any atom is 0.312 e. The Kier molecular flexibility index (Phi) is 9.97. The van der Waals surface area contributed by atoms with Gasteiger partial charge in [0.2, 0.25) is 5.91 Å².